The molecule has 2 atom stereocenters. The van der Waals surface area contributed by atoms with Gasteiger partial charge in [0.2, 0.25) is 21.8 Å². The Morgan fingerprint density at radius 2 is 1.60 bits per heavy atom. The predicted octanol–water partition coefficient (Wildman–Crippen LogP) is 4.13. The minimum atomic E-state index is -3.56. The molecule has 2 N–H and O–H groups in total. The van der Waals surface area contributed by atoms with Gasteiger partial charge in [-0.2, -0.15) is 0 Å². The van der Waals surface area contributed by atoms with Gasteiger partial charge in [-0.25, -0.2) is 17.5 Å². The molecular weight excluding hydrogens is 569 g/mol. The van der Waals surface area contributed by atoms with Crippen LogP contribution < -0.4 is 10.0 Å². The number of ether oxygens (including phenoxy) is 1. The average molecular weight is 608 g/mol. The minimum Gasteiger partial charge on any atom is -0.376 e. The van der Waals surface area contributed by atoms with Crippen LogP contribution in [0.4, 0.5) is 4.39 Å². The molecule has 1 aliphatic carbocycles. The molecule has 3 aromatic rings. The maximum Gasteiger partial charge on any atom is 0.243 e. The summed E-state index contributed by atoms with van der Waals surface area (Å²) in [6, 6.07) is 21.2. The quantitative estimate of drug-likeness (QED) is 0.287. The van der Waals surface area contributed by atoms with Gasteiger partial charge < -0.3 is 15.0 Å². The molecule has 2 aliphatic rings. The lowest BCUT2D eigenvalue weighted by Gasteiger charge is -2.32. The molecule has 0 bridgehead atoms. The summed E-state index contributed by atoms with van der Waals surface area (Å²) in [5.41, 5.74) is 2.42. The minimum absolute atomic E-state index is 0.0149. The fourth-order valence-electron chi connectivity index (χ4n) is 5.20. The zero-order valence-electron chi connectivity index (χ0n) is 24.1. The molecule has 3 aromatic carbocycles. The van der Waals surface area contributed by atoms with Crippen molar-refractivity contribution in [1.82, 2.24) is 14.9 Å². The van der Waals surface area contributed by atoms with Crippen LogP contribution in [0.2, 0.25) is 0 Å². The number of halogens is 1. The van der Waals surface area contributed by atoms with Gasteiger partial charge in [0.25, 0.3) is 0 Å². The SMILES string of the molecule is O=C(NC[C@@H]1CCCO1)[C@H](Cc1ccccc1)N(Cc1ccc(F)cc1)C(=O)CCc1ccc(S(=O)(=O)NC2CC2)cc1. The number of carbonyl (C=O) groups excluding carboxylic acids is 2. The van der Waals surface area contributed by atoms with Crippen LogP contribution in [0.5, 0.6) is 0 Å². The van der Waals surface area contributed by atoms with E-state index < -0.39 is 16.1 Å². The van der Waals surface area contributed by atoms with E-state index in [0.717, 1.165) is 36.8 Å². The number of sulfonamides is 1. The molecule has 1 heterocycles. The fourth-order valence-corrected chi connectivity index (χ4v) is 6.50. The van der Waals surface area contributed by atoms with Crippen LogP contribution in [-0.4, -0.2) is 56.5 Å². The van der Waals surface area contributed by atoms with Crippen molar-refractivity contribution in [2.24, 2.45) is 0 Å². The van der Waals surface area contributed by atoms with Crippen molar-refractivity contribution in [3.05, 3.63) is 101 Å². The molecule has 0 aromatic heterocycles. The lowest BCUT2D eigenvalue weighted by atomic mass is 10.0. The van der Waals surface area contributed by atoms with Crippen molar-refractivity contribution in [2.75, 3.05) is 13.2 Å². The summed E-state index contributed by atoms with van der Waals surface area (Å²) < 4.78 is 47.1. The molecule has 10 heteroatoms. The van der Waals surface area contributed by atoms with Crippen LogP contribution >= 0.6 is 0 Å². The molecule has 1 saturated heterocycles. The van der Waals surface area contributed by atoms with Crippen molar-refractivity contribution in [2.45, 2.75) is 74.6 Å². The van der Waals surface area contributed by atoms with E-state index >= 15 is 0 Å². The first-order valence-electron chi connectivity index (χ1n) is 14.9. The van der Waals surface area contributed by atoms with Crippen molar-refractivity contribution in [3.8, 4) is 0 Å². The van der Waals surface area contributed by atoms with Gasteiger partial charge in [-0.05, 0) is 73.1 Å². The maximum absolute atomic E-state index is 13.9. The predicted molar refractivity (Wildman–Crippen MR) is 161 cm³/mol. The van der Waals surface area contributed by atoms with Gasteiger partial charge in [-0.3, -0.25) is 9.59 Å². The van der Waals surface area contributed by atoms with Crippen molar-refractivity contribution < 1.29 is 27.1 Å². The number of nitrogens with one attached hydrogen (secondary N) is 2. The standard InChI is InChI=1S/C33H38FN3O5S/c34-27-13-8-26(9-14-27)23-37(31(21-25-5-2-1-3-6-25)33(39)35-22-29-7-4-20-42-29)32(38)19-12-24-10-17-30(18-11-24)43(40,41)36-28-15-16-28/h1-3,5-6,8-11,13-14,17-18,28-29,31,36H,4,7,12,15-16,19-23H2,(H,35,39)/t29-,31-/m0/s1. The summed E-state index contributed by atoms with van der Waals surface area (Å²) in [4.78, 5) is 29.3. The number of hydrogen-bond donors (Lipinski definition) is 2. The second-order valence-electron chi connectivity index (χ2n) is 11.3. The van der Waals surface area contributed by atoms with Gasteiger partial charge in [0.05, 0.1) is 11.0 Å². The zero-order valence-corrected chi connectivity index (χ0v) is 24.9. The second-order valence-corrected chi connectivity index (χ2v) is 13.0. The highest BCUT2D eigenvalue weighted by Gasteiger charge is 2.31. The van der Waals surface area contributed by atoms with E-state index in [9.17, 15) is 22.4 Å². The molecular formula is C33H38FN3O5S. The van der Waals surface area contributed by atoms with Crippen LogP contribution in [-0.2, 0) is 43.7 Å². The number of benzene rings is 3. The summed E-state index contributed by atoms with van der Waals surface area (Å²) >= 11 is 0. The monoisotopic (exact) mass is 607 g/mol. The first-order valence-corrected chi connectivity index (χ1v) is 16.3. The zero-order chi connectivity index (χ0) is 30.2. The van der Waals surface area contributed by atoms with E-state index in [1.807, 2.05) is 30.3 Å². The Morgan fingerprint density at radius 1 is 0.907 bits per heavy atom. The third-order valence-electron chi connectivity index (χ3n) is 7.83. The summed E-state index contributed by atoms with van der Waals surface area (Å²) in [6.45, 7) is 1.18. The third-order valence-corrected chi connectivity index (χ3v) is 9.36. The van der Waals surface area contributed by atoms with Crippen molar-refractivity contribution in [1.29, 1.82) is 0 Å². The van der Waals surface area contributed by atoms with E-state index in [1.54, 1.807) is 41.3 Å². The second kappa shape index (κ2) is 14.2. The maximum atomic E-state index is 13.9. The summed E-state index contributed by atoms with van der Waals surface area (Å²) in [5, 5.41) is 3.01. The van der Waals surface area contributed by atoms with Gasteiger partial charge in [0, 0.05) is 38.6 Å². The molecule has 1 saturated carbocycles. The van der Waals surface area contributed by atoms with E-state index in [0.29, 0.717) is 31.6 Å². The molecule has 1 aliphatic heterocycles. The Hall–Kier alpha value is -3.60. The van der Waals surface area contributed by atoms with E-state index in [2.05, 4.69) is 10.0 Å². The molecule has 5 rings (SSSR count). The van der Waals surface area contributed by atoms with Crippen molar-refractivity contribution in [3.63, 3.8) is 0 Å². The smallest absolute Gasteiger partial charge is 0.243 e. The largest absolute Gasteiger partial charge is 0.376 e. The van der Waals surface area contributed by atoms with E-state index in [4.69, 9.17) is 4.74 Å². The highest BCUT2D eigenvalue weighted by Crippen LogP contribution is 2.23. The van der Waals surface area contributed by atoms with Crippen LogP contribution in [0.25, 0.3) is 0 Å². The molecule has 0 radical (unpaired) electrons. The topological polar surface area (TPSA) is 105 Å². The van der Waals surface area contributed by atoms with Crippen molar-refractivity contribution >= 4 is 21.8 Å². The number of aryl methyl sites for hydroxylation is 1. The fraction of sp³-hybridized carbons (Fsp3) is 0.394. The van der Waals surface area contributed by atoms with Crippen LogP contribution in [0.15, 0.2) is 83.8 Å². The first kappa shape index (κ1) is 30.8. The van der Waals surface area contributed by atoms with Crippen LogP contribution in [0.1, 0.15) is 48.8 Å². The summed E-state index contributed by atoms with van der Waals surface area (Å²) in [7, 11) is -3.56. The van der Waals surface area contributed by atoms with Gasteiger partial charge in [0.15, 0.2) is 0 Å². The summed E-state index contributed by atoms with van der Waals surface area (Å²) in [6.07, 6.45) is 4.27. The number of carbonyl (C=O) groups is 2. The highest BCUT2D eigenvalue weighted by molar-refractivity contribution is 7.89. The Labute approximate surface area is 252 Å². The highest BCUT2D eigenvalue weighted by atomic mass is 32.2. The van der Waals surface area contributed by atoms with Gasteiger partial charge in [-0.1, -0.05) is 54.6 Å². The average Bonchev–Trinajstić information content (AvgIpc) is 3.66. The third kappa shape index (κ3) is 8.95. The van der Waals surface area contributed by atoms with E-state index in [1.165, 1.54) is 12.1 Å². The normalized spacial score (nSPS) is 17.4. The molecule has 228 valence electrons. The summed E-state index contributed by atoms with van der Waals surface area (Å²) in [5.74, 6) is -0.883. The number of rotatable bonds is 14. The Bertz CT molecular complexity index is 1470. The Kier molecular flexibility index (Phi) is 10.2. The lowest BCUT2D eigenvalue weighted by molar-refractivity contribution is -0.141. The van der Waals surface area contributed by atoms with Gasteiger partial charge in [0.1, 0.15) is 11.9 Å². The molecule has 2 amide bonds. The Morgan fingerprint density at radius 3 is 2.26 bits per heavy atom. The first-order chi connectivity index (χ1) is 20.8. The number of hydrogen-bond acceptors (Lipinski definition) is 5. The van der Waals surface area contributed by atoms with Gasteiger partial charge in [-0.15, -0.1) is 0 Å². The van der Waals surface area contributed by atoms with Crippen LogP contribution in [0.3, 0.4) is 0 Å². The lowest BCUT2D eigenvalue weighted by Crippen LogP contribution is -2.51. The molecule has 43 heavy (non-hydrogen) atoms. The Balaban J connectivity index is 1.34. The molecule has 2 fully saturated rings. The number of nitrogens with zero attached hydrogens (tertiary/aromatic N) is 1. The molecule has 0 spiro atoms. The molecule has 0 unspecified atom stereocenters. The van der Waals surface area contributed by atoms with Crippen LogP contribution in [0, 0.1) is 5.82 Å². The molecule has 8 nitrogen and oxygen atoms in total. The van der Waals surface area contributed by atoms with E-state index in [-0.39, 0.29) is 47.6 Å². The van der Waals surface area contributed by atoms with Gasteiger partial charge >= 0.3 is 0 Å². The number of amides is 2.